The van der Waals surface area contributed by atoms with E-state index in [1.54, 1.807) is 7.11 Å². The van der Waals surface area contributed by atoms with E-state index in [-0.39, 0.29) is 6.04 Å². The summed E-state index contributed by atoms with van der Waals surface area (Å²) in [5.41, 5.74) is 7.27. The molecule has 0 aliphatic carbocycles. The molecule has 0 heterocycles. The highest BCUT2D eigenvalue weighted by molar-refractivity contribution is 5.30. The molecule has 78 valence electrons. The first kappa shape index (κ1) is 11.1. The maximum absolute atomic E-state index is 6.12. The van der Waals surface area contributed by atoms with E-state index in [0.717, 1.165) is 17.7 Å². The lowest BCUT2D eigenvalue weighted by molar-refractivity contribution is 0.410. The summed E-state index contributed by atoms with van der Waals surface area (Å²) in [4.78, 5) is 0. The molecule has 0 saturated carbocycles. The Balaban J connectivity index is 2.83. The molecule has 2 atom stereocenters. The largest absolute Gasteiger partial charge is 0.497 e. The van der Waals surface area contributed by atoms with Crippen LogP contribution in [0.1, 0.15) is 31.9 Å². The molecule has 0 spiro atoms. The molecular formula is C12H19NO. The summed E-state index contributed by atoms with van der Waals surface area (Å²) >= 11 is 0. The summed E-state index contributed by atoms with van der Waals surface area (Å²) in [6.07, 6.45) is 1.10. The van der Waals surface area contributed by atoms with Gasteiger partial charge in [0.1, 0.15) is 5.75 Å². The fraction of sp³-hybridized carbons (Fsp3) is 0.500. The van der Waals surface area contributed by atoms with E-state index in [9.17, 15) is 0 Å². The average Bonchev–Trinajstić information content (AvgIpc) is 2.27. The van der Waals surface area contributed by atoms with Crippen molar-refractivity contribution in [2.75, 3.05) is 7.11 Å². The van der Waals surface area contributed by atoms with Crippen LogP contribution >= 0.6 is 0 Å². The quantitative estimate of drug-likeness (QED) is 0.798. The van der Waals surface area contributed by atoms with Crippen LogP contribution in [0.2, 0.25) is 0 Å². The predicted molar refractivity (Wildman–Crippen MR) is 59.4 cm³/mol. The van der Waals surface area contributed by atoms with E-state index in [4.69, 9.17) is 10.5 Å². The molecule has 0 aliphatic heterocycles. The van der Waals surface area contributed by atoms with Crippen LogP contribution in [0.3, 0.4) is 0 Å². The molecule has 1 unspecified atom stereocenters. The minimum absolute atomic E-state index is 0.107. The molecule has 0 fully saturated rings. The van der Waals surface area contributed by atoms with Gasteiger partial charge in [-0.05, 0) is 23.6 Å². The van der Waals surface area contributed by atoms with Gasteiger partial charge in [-0.25, -0.2) is 0 Å². The summed E-state index contributed by atoms with van der Waals surface area (Å²) in [5.74, 6) is 1.38. The molecule has 2 N–H and O–H groups in total. The topological polar surface area (TPSA) is 35.2 Å². The Bertz CT molecular complexity index is 285. The summed E-state index contributed by atoms with van der Waals surface area (Å²) in [5, 5.41) is 0. The molecule has 0 aliphatic rings. The van der Waals surface area contributed by atoms with Gasteiger partial charge in [0.25, 0.3) is 0 Å². The molecule has 0 saturated heterocycles. The second kappa shape index (κ2) is 5.01. The van der Waals surface area contributed by atoms with Crippen molar-refractivity contribution in [2.24, 2.45) is 11.7 Å². The maximum Gasteiger partial charge on any atom is 0.119 e. The third-order valence-electron chi connectivity index (χ3n) is 2.74. The molecule has 1 aromatic carbocycles. The fourth-order valence-corrected chi connectivity index (χ4v) is 1.43. The van der Waals surface area contributed by atoms with Crippen LogP contribution in [-0.4, -0.2) is 7.11 Å². The maximum atomic E-state index is 6.12. The second-order valence-electron chi connectivity index (χ2n) is 3.69. The van der Waals surface area contributed by atoms with Gasteiger partial charge in [0, 0.05) is 6.04 Å². The third kappa shape index (κ3) is 2.48. The molecule has 2 heteroatoms. The average molecular weight is 193 g/mol. The minimum Gasteiger partial charge on any atom is -0.497 e. The van der Waals surface area contributed by atoms with Gasteiger partial charge in [0.2, 0.25) is 0 Å². The van der Waals surface area contributed by atoms with E-state index in [0.29, 0.717) is 5.92 Å². The Kier molecular flexibility index (Phi) is 3.96. The van der Waals surface area contributed by atoms with E-state index >= 15 is 0 Å². The van der Waals surface area contributed by atoms with Crippen molar-refractivity contribution in [1.29, 1.82) is 0 Å². The number of benzene rings is 1. The lowest BCUT2D eigenvalue weighted by atomic mass is 9.93. The van der Waals surface area contributed by atoms with Gasteiger partial charge >= 0.3 is 0 Å². The van der Waals surface area contributed by atoms with Crippen LogP contribution in [0.4, 0.5) is 0 Å². The van der Waals surface area contributed by atoms with E-state index in [1.807, 2.05) is 18.2 Å². The standard InChI is InChI=1S/C12H19NO/c1-4-9(2)12(13)10-6-5-7-11(8-10)14-3/h5-9,12H,4,13H2,1-3H3/t9?,12-/m0/s1. The normalized spacial score (nSPS) is 14.9. The van der Waals surface area contributed by atoms with Crippen LogP contribution < -0.4 is 10.5 Å². The van der Waals surface area contributed by atoms with Crippen LogP contribution in [0, 0.1) is 5.92 Å². The zero-order valence-corrected chi connectivity index (χ0v) is 9.16. The Labute approximate surface area is 86.1 Å². The summed E-state index contributed by atoms with van der Waals surface area (Å²) in [6.45, 7) is 4.33. The van der Waals surface area contributed by atoms with Gasteiger partial charge in [-0.1, -0.05) is 32.4 Å². The number of rotatable bonds is 4. The smallest absolute Gasteiger partial charge is 0.119 e. The lowest BCUT2D eigenvalue weighted by Gasteiger charge is -2.19. The van der Waals surface area contributed by atoms with Gasteiger partial charge in [0.15, 0.2) is 0 Å². The van der Waals surface area contributed by atoms with Crippen LogP contribution in [0.25, 0.3) is 0 Å². The lowest BCUT2D eigenvalue weighted by Crippen LogP contribution is -2.18. The van der Waals surface area contributed by atoms with E-state index in [2.05, 4.69) is 19.9 Å². The van der Waals surface area contributed by atoms with Gasteiger partial charge < -0.3 is 10.5 Å². The summed E-state index contributed by atoms with van der Waals surface area (Å²) in [7, 11) is 1.67. The molecule has 0 amide bonds. The summed E-state index contributed by atoms with van der Waals surface area (Å²) in [6, 6.07) is 8.09. The number of methoxy groups -OCH3 is 1. The zero-order valence-electron chi connectivity index (χ0n) is 9.16. The van der Waals surface area contributed by atoms with E-state index < -0.39 is 0 Å². The first-order chi connectivity index (χ1) is 6.69. The molecular weight excluding hydrogens is 174 g/mol. The Morgan fingerprint density at radius 3 is 2.71 bits per heavy atom. The third-order valence-corrected chi connectivity index (χ3v) is 2.74. The van der Waals surface area contributed by atoms with Gasteiger partial charge in [0.05, 0.1) is 7.11 Å². The first-order valence-electron chi connectivity index (χ1n) is 5.08. The van der Waals surface area contributed by atoms with Crippen molar-refractivity contribution in [1.82, 2.24) is 0 Å². The molecule has 2 nitrogen and oxygen atoms in total. The van der Waals surface area contributed by atoms with Gasteiger partial charge in [-0.2, -0.15) is 0 Å². The zero-order chi connectivity index (χ0) is 10.6. The monoisotopic (exact) mass is 193 g/mol. The minimum atomic E-state index is 0.107. The van der Waals surface area contributed by atoms with Crippen molar-refractivity contribution in [3.8, 4) is 5.75 Å². The van der Waals surface area contributed by atoms with Crippen molar-refractivity contribution in [3.63, 3.8) is 0 Å². The highest BCUT2D eigenvalue weighted by atomic mass is 16.5. The molecule has 1 rings (SSSR count). The Morgan fingerprint density at radius 1 is 1.43 bits per heavy atom. The highest BCUT2D eigenvalue weighted by Crippen LogP contribution is 2.24. The highest BCUT2D eigenvalue weighted by Gasteiger charge is 2.13. The first-order valence-corrected chi connectivity index (χ1v) is 5.08. The van der Waals surface area contributed by atoms with Crippen LogP contribution in [0.15, 0.2) is 24.3 Å². The van der Waals surface area contributed by atoms with Crippen molar-refractivity contribution in [2.45, 2.75) is 26.3 Å². The molecule has 14 heavy (non-hydrogen) atoms. The van der Waals surface area contributed by atoms with Crippen molar-refractivity contribution >= 4 is 0 Å². The molecule has 1 aromatic rings. The summed E-state index contributed by atoms with van der Waals surface area (Å²) < 4.78 is 5.16. The number of ether oxygens (including phenoxy) is 1. The van der Waals surface area contributed by atoms with E-state index in [1.165, 1.54) is 0 Å². The Morgan fingerprint density at radius 2 is 2.14 bits per heavy atom. The Hall–Kier alpha value is -1.02. The second-order valence-corrected chi connectivity index (χ2v) is 3.69. The van der Waals surface area contributed by atoms with Crippen molar-refractivity contribution in [3.05, 3.63) is 29.8 Å². The van der Waals surface area contributed by atoms with Gasteiger partial charge in [-0.3, -0.25) is 0 Å². The van der Waals surface area contributed by atoms with Crippen LogP contribution in [0.5, 0.6) is 5.75 Å². The molecule has 0 radical (unpaired) electrons. The molecule has 0 bridgehead atoms. The van der Waals surface area contributed by atoms with Gasteiger partial charge in [-0.15, -0.1) is 0 Å². The number of hydrogen-bond acceptors (Lipinski definition) is 2. The molecule has 0 aromatic heterocycles. The predicted octanol–water partition coefficient (Wildman–Crippen LogP) is 2.74. The number of nitrogens with two attached hydrogens (primary N) is 1. The number of hydrogen-bond donors (Lipinski definition) is 1. The SMILES string of the molecule is CCC(C)[C@H](N)c1cccc(OC)c1. The van der Waals surface area contributed by atoms with Crippen LogP contribution in [-0.2, 0) is 0 Å². The fourth-order valence-electron chi connectivity index (χ4n) is 1.43. The van der Waals surface area contributed by atoms with Crippen molar-refractivity contribution < 1.29 is 4.74 Å².